The summed E-state index contributed by atoms with van der Waals surface area (Å²) in [4.78, 5) is 2.34. The van der Waals surface area contributed by atoms with Crippen LogP contribution >= 0.6 is 0 Å². The minimum absolute atomic E-state index is 0.0138. The Morgan fingerprint density at radius 3 is 2.44 bits per heavy atom. The Balaban J connectivity index is 1.72. The van der Waals surface area contributed by atoms with E-state index in [1.807, 2.05) is 0 Å². The molecular weight excluding hydrogens is 206 g/mol. The number of nitrogens with zero attached hydrogens (tertiary/aromatic N) is 1. The Bertz CT molecular complexity index is 207. The topological polar surface area (TPSA) is 41.9 Å². The van der Waals surface area contributed by atoms with Gasteiger partial charge in [-0.05, 0) is 25.8 Å². The van der Waals surface area contributed by atoms with Crippen molar-refractivity contribution in [2.24, 2.45) is 11.3 Å². The summed E-state index contributed by atoms with van der Waals surface area (Å²) >= 11 is 0. The van der Waals surface area contributed by atoms with Crippen LogP contribution in [0.1, 0.15) is 12.8 Å². The molecule has 0 amide bonds. The average Bonchev–Trinajstić information content (AvgIpc) is 2.25. The van der Waals surface area contributed by atoms with Gasteiger partial charge in [-0.1, -0.05) is 0 Å². The van der Waals surface area contributed by atoms with E-state index in [9.17, 15) is 5.11 Å². The van der Waals surface area contributed by atoms with E-state index in [2.05, 4.69) is 11.9 Å². The first-order valence-electron chi connectivity index (χ1n) is 6.19. The lowest BCUT2D eigenvalue weighted by atomic mass is 9.86. The maximum atomic E-state index is 9.36. The third kappa shape index (κ3) is 2.94. The Kier molecular flexibility index (Phi) is 4.19. The predicted octanol–water partition coefficient (Wildman–Crippen LogP) is 0.354. The lowest BCUT2D eigenvalue weighted by molar-refractivity contribution is -0.147. The number of rotatable bonds is 5. The van der Waals surface area contributed by atoms with Crippen molar-refractivity contribution >= 4 is 0 Å². The molecule has 0 radical (unpaired) electrons. The molecule has 0 bridgehead atoms. The van der Waals surface area contributed by atoms with Crippen LogP contribution in [0.25, 0.3) is 0 Å². The molecule has 2 saturated heterocycles. The van der Waals surface area contributed by atoms with Gasteiger partial charge in [0.25, 0.3) is 0 Å². The minimum atomic E-state index is 0.0138. The summed E-state index contributed by atoms with van der Waals surface area (Å²) in [5.74, 6) is 0.760. The van der Waals surface area contributed by atoms with Gasteiger partial charge in [-0.15, -0.1) is 0 Å². The van der Waals surface area contributed by atoms with Gasteiger partial charge in [-0.2, -0.15) is 0 Å². The Hall–Kier alpha value is -0.160. The maximum absolute atomic E-state index is 9.36. The molecule has 2 heterocycles. The molecule has 4 heteroatoms. The van der Waals surface area contributed by atoms with Gasteiger partial charge in [0.1, 0.15) is 0 Å². The molecule has 2 aliphatic rings. The molecule has 0 unspecified atom stereocenters. The quantitative estimate of drug-likeness (QED) is 0.739. The fraction of sp³-hybridized carbons (Fsp3) is 1.00. The monoisotopic (exact) mass is 229 g/mol. The second kappa shape index (κ2) is 5.45. The van der Waals surface area contributed by atoms with Crippen LogP contribution in [0.15, 0.2) is 0 Å². The fourth-order valence-corrected chi connectivity index (χ4v) is 2.63. The van der Waals surface area contributed by atoms with Crippen LogP contribution < -0.4 is 0 Å². The van der Waals surface area contributed by atoms with E-state index in [0.717, 1.165) is 32.2 Å². The first-order valence-corrected chi connectivity index (χ1v) is 6.19. The summed E-state index contributed by atoms with van der Waals surface area (Å²) in [6.07, 6.45) is 2.35. The van der Waals surface area contributed by atoms with Crippen molar-refractivity contribution in [2.75, 3.05) is 53.2 Å². The SMILES string of the molecule is CN(CC1CCOCC1)CC1(CO)COC1. The molecule has 0 aromatic rings. The summed E-state index contributed by atoms with van der Waals surface area (Å²) in [6.45, 7) is 5.54. The van der Waals surface area contributed by atoms with E-state index in [0.29, 0.717) is 13.2 Å². The number of aliphatic hydroxyl groups excluding tert-OH is 1. The zero-order valence-electron chi connectivity index (χ0n) is 10.2. The molecule has 0 saturated carbocycles. The van der Waals surface area contributed by atoms with Gasteiger partial charge in [0.15, 0.2) is 0 Å². The molecule has 1 N–H and O–H groups in total. The highest BCUT2D eigenvalue weighted by Crippen LogP contribution is 2.28. The maximum Gasteiger partial charge on any atom is 0.0579 e. The summed E-state index contributed by atoms with van der Waals surface area (Å²) in [5.41, 5.74) is 0.0138. The highest BCUT2D eigenvalue weighted by molar-refractivity contribution is 4.88. The van der Waals surface area contributed by atoms with Gasteiger partial charge in [0, 0.05) is 26.3 Å². The molecule has 2 rings (SSSR count). The second-order valence-electron chi connectivity index (χ2n) is 5.40. The van der Waals surface area contributed by atoms with Crippen molar-refractivity contribution < 1.29 is 14.6 Å². The van der Waals surface area contributed by atoms with Gasteiger partial charge in [0.05, 0.1) is 25.2 Å². The van der Waals surface area contributed by atoms with Crippen LogP contribution in [0.5, 0.6) is 0 Å². The summed E-state index contributed by atoms with van der Waals surface area (Å²) in [7, 11) is 2.14. The first-order chi connectivity index (χ1) is 7.74. The van der Waals surface area contributed by atoms with Crippen LogP contribution in [0.2, 0.25) is 0 Å². The molecule has 0 spiro atoms. The van der Waals surface area contributed by atoms with Crippen LogP contribution in [0.3, 0.4) is 0 Å². The zero-order chi connectivity index (χ0) is 11.4. The first kappa shape index (κ1) is 12.3. The van der Waals surface area contributed by atoms with Crippen molar-refractivity contribution in [1.82, 2.24) is 4.90 Å². The van der Waals surface area contributed by atoms with Crippen LogP contribution in [-0.4, -0.2) is 63.2 Å². The molecule has 0 aliphatic carbocycles. The van der Waals surface area contributed by atoms with Crippen LogP contribution in [0.4, 0.5) is 0 Å². The fourth-order valence-electron chi connectivity index (χ4n) is 2.63. The van der Waals surface area contributed by atoms with Gasteiger partial charge in [-0.25, -0.2) is 0 Å². The van der Waals surface area contributed by atoms with Crippen LogP contribution in [-0.2, 0) is 9.47 Å². The summed E-state index contributed by atoms with van der Waals surface area (Å²) < 4.78 is 10.6. The standard InChI is InChI=1S/C12H23NO3/c1-13(6-11-2-4-15-5-3-11)7-12(8-14)9-16-10-12/h11,14H,2-10H2,1H3. The number of aliphatic hydroxyl groups is 1. The third-order valence-electron chi connectivity index (χ3n) is 3.67. The summed E-state index contributed by atoms with van der Waals surface area (Å²) in [5, 5.41) is 9.36. The normalized spacial score (nSPS) is 25.7. The number of hydrogen-bond donors (Lipinski definition) is 1. The van der Waals surface area contributed by atoms with E-state index in [-0.39, 0.29) is 12.0 Å². The molecule has 0 aromatic heterocycles. The predicted molar refractivity (Wildman–Crippen MR) is 61.4 cm³/mol. The smallest absolute Gasteiger partial charge is 0.0579 e. The van der Waals surface area contributed by atoms with Gasteiger partial charge in [-0.3, -0.25) is 0 Å². The lowest BCUT2D eigenvalue weighted by Crippen LogP contribution is -2.53. The Morgan fingerprint density at radius 1 is 1.25 bits per heavy atom. The zero-order valence-corrected chi connectivity index (χ0v) is 10.2. The summed E-state index contributed by atoms with van der Waals surface area (Å²) in [6, 6.07) is 0. The highest BCUT2D eigenvalue weighted by atomic mass is 16.5. The van der Waals surface area contributed by atoms with Gasteiger partial charge < -0.3 is 19.5 Å². The lowest BCUT2D eigenvalue weighted by Gasteiger charge is -2.43. The van der Waals surface area contributed by atoms with Crippen molar-refractivity contribution in [1.29, 1.82) is 0 Å². The molecular formula is C12H23NO3. The largest absolute Gasteiger partial charge is 0.396 e. The van der Waals surface area contributed by atoms with Crippen molar-refractivity contribution in [3.8, 4) is 0 Å². The molecule has 94 valence electrons. The molecule has 0 atom stereocenters. The van der Waals surface area contributed by atoms with Gasteiger partial charge in [0.2, 0.25) is 0 Å². The molecule has 16 heavy (non-hydrogen) atoms. The third-order valence-corrected chi connectivity index (χ3v) is 3.67. The Morgan fingerprint density at radius 2 is 1.94 bits per heavy atom. The molecule has 2 aliphatic heterocycles. The van der Waals surface area contributed by atoms with Crippen molar-refractivity contribution in [3.05, 3.63) is 0 Å². The van der Waals surface area contributed by atoms with E-state index >= 15 is 0 Å². The van der Waals surface area contributed by atoms with Gasteiger partial charge >= 0.3 is 0 Å². The van der Waals surface area contributed by atoms with Crippen LogP contribution in [0, 0.1) is 11.3 Å². The van der Waals surface area contributed by atoms with E-state index in [1.54, 1.807) is 0 Å². The van der Waals surface area contributed by atoms with E-state index in [4.69, 9.17) is 9.47 Å². The van der Waals surface area contributed by atoms with E-state index in [1.165, 1.54) is 12.8 Å². The Labute approximate surface area is 97.5 Å². The van der Waals surface area contributed by atoms with E-state index < -0.39 is 0 Å². The number of ether oxygens (including phenoxy) is 2. The average molecular weight is 229 g/mol. The van der Waals surface area contributed by atoms with Crippen molar-refractivity contribution in [3.63, 3.8) is 0 Å². The van der Waals surface area contributed by atoms with Crippen molar-refractivity contribution in [2.45, 2.75) is 12.8 Å². The molecule has 2 fully saturated rings. The minimum Gasteiger partial charge on any atom is -0.396 e. The molecule has 0 aromatic carbocycles. The molecule has 4 nitrogen and oxygen atoms in total. The number of hydrogen-bond acceptors (Lipinski definition) is 4. The highest BCUT2D eigenvalue weighted by Gasteiger charge is 2.39. The second-order valence-corrected chi connectivity index (χ2v) is 5.40.